The van der Waals surface area contributed by atoms with Gasteiger partial charge in [-0.1, -0.05) is 41.9 Å². The van der Waals surface area contributed by atoms with Crippen molar-refractivity contribution in [1.82, 2.24) is 0 Å². The number of fused-ring (bicyclic) bond motifs is 2. The molecule has 2 N–H and O–H groups in total. The Kier molecular flexibility index (Phi) is 3.48. The molecule has 25 heavy (non-hydrogen) atoms. The highest BCUT2D eigenvalue weighted by Crippen LogP contribution is 2.41. The second kappa shape index (κ2) is 5.69. The van der Waals surface area contributed by atoms with E-state index in [1.165, 1.54) is 0 Å². The molecule has 0 saturated heterocycles. The molecule has 1 aliphatic rings. The summed E-state index contributed by atoms with van der Waals surface area (Å²) in [7, 11) is 0. The highest BCUT2D eigenvalue weighted by Gasteiger charge is 2.35. The van der Waals surface area contributed by atoms with Gasteiger partial charge in [-0.05, 0) is 17.7 Å². The van der Waals surface area contributed by atoms with Gasteiger partial charge in [-0.15, -0.1) is 0 Å². The summed E-state index contributed by atoms with van der Waals surface area (Å²) in [4.78, 5) is 13.1. The molecule has 4 rings (SSSR count). The highest BCUT2D eigenvalue weighted by molar-refractivity contribution is 6.31. The third kappa shape index (κ3) is 2.35. The van der Waals surface area contributed by atoms with Gasteiger partial charge in [-0.3, -0.25) is 4.79 Å². The minimum atomic E-state index is -0.647. The lowest BCUT2D eigenvalue weighted by Gasteiger charge is -2.24. The molecule has 2 heterocycles. The Hall–Kier alpha value is -3.23. The third-order valence-corrected chi connectivity index (χ3v) is 4.39. The molecule has 1 unspecified atom stereocenters. The van der Waals surface area contributed by atoms with E-state index in [4.69, 9.17) is 26.5 Å². The number of hydrogen-bond donors (Lipinski definition) is 1. The van der Waals surface area contributed by atoms with Crippen molar-refractivity contribution in [3.05, 3.63) is 86.4 Å². The Morgan fingerprint density at radius 1 is 1.16 bits per heavy atom. The number of allylic oxidation sites excluding steroid dienone is 1. The maximum atomic E-state index is 13.1. The van der Waals surface area contributed by atoms with Crippen LogP contribution < -0.4 is 15.9 Å². The first-order chi connectivity index (χ1) is 12.1. The Bertz CT molecular complexity index is 1130. The fraction of sp³-hybridized carbons (Fsp3) is 0.0526. The number of halogens is 1. The van der Waals surface area contributed by atoms with Crippen molar-refractivity contribution in [3.8, 4) is 12.0 Å². The van der Waals surface area contributed by atoms with Crippen molar-refractivity contribution in [2.75, 3.05) is 0 Å². The molecule has 5 nitrogen and oxygen atoms in total. The number of rotatable bonds is 1. The molecular weight excluding hydrogens is 340 g/mol. The summed E-state index contributed by atoms with van der Waals surface area (Å²) < 4.78 is 11.2. The van der Waals surface area contributed by atoms with Crippen LogP contribution >= 0.6 is 11.6 Å². The average Bonchev–Trinajstić information content (AvgIpc) is 2.61. The Balaban J connectivity index is 2.08. The van der Waals surface area contributed by atoms with Crippen LogP contribution in [0.2, 0.25) is 5.02 Å². The predicted octanol–water partition coefficient (Wildman–Crippen LogP) is 3.66. The van der Waals surface area contributed by atoms with Crippen LogP contribution in [0.4, 0.5) is 0 Å². The summed E-state index contributed by atoms with van der Waals surface area (Å²) in [5, 5.41) is 10.3. The first-order valence-corrected chi connectivity index (χ1v) is 7.86. The molecule has 0 radical (unpaired) electrons. The van der Waals surface area contributed by atoms with Gasteiger partial charge in [-0.2, -0.15) is 5.26 Å². The molecule has 0 spiro atoms. The van der Waals surface area contributed by atoms with E-state index in [1.807, 2.05) is 30.3 Å². The Labute approximate surface area is 147 Å². The number of nitriles is 1. The number of benzene rings is 2. The SMILES string of the molecule is N#CC1=C(N)Oc2oc3cc(Cl)ccc3c(=O)c2C1c1ccccc1. The topological polar surface area (TPSA) is 89.2 Å². The summed E-state index contributed by atoms with van der Waals surface area (Å²) in [6, 6.07) is 16.0. The van der Waals surface area contributed by atoms with Gasteiger partial charge in [0.1, 0.15) is 17.2 Å². The van der Waals surface area contributed by atoms with E-state index in [-0.39, 0.29) is 28.4 Å². The number of nitrogens with two attached hydrogens (primary N) is 1. The molecular formula is C19H11ClN2O3. The van der Waals surface area contributed by atoms with E-state index in [0.29, 0.717) is 16.0 Å². The molecule has 1 aliphatic heterocycles. The molecule has 2 aromatic carbocycles. The predicted molar refractivity (Wildman–Crippen MR) is 93.2 cm³/mol. The van der Waals surface area contributed by atoms with E-state index in [9.17, 15) is 10.1 Å². The molecule has 3 aromatic rings. The largest absolute Gasteiger partial charge is 0.425 e. The van der Waals surface area contributed by atoms with Gasteiger partial charge in [0.25, 0.3) is 5.95 Å². The van der Waals surface area contributed by atoms with E-state index >= 15 is 0 Å². The van der Waals surface area contributed by atoms with Crippen molar-refractivity contribution >= 4 is 22.6 Å². The van der Waals surface area contributed by atoms with Crippen LogP contribution in [0.1, 0.15) is 17.0 Å². The van der Waals surface area contributed by atoms with Gasteiger partial charge in [0, 0.05) is 11.1 Å². The summed E-state index contributed by atoms with van der Waals surface area (Å²) in [6.45, 7) is 0. The average molecular weight is 351 g/mol. The van der Waals surface area contributed by atoms with Crippen LogP contribution in [0.3, 0.4) is 0 Å². The quantitative estimate of drug-likeness (QED) is 0.723. The van der Waals surface area contributed by atoms with Crippen LogP contribution in [0.25, 0.3) is 11.0 Å². The van der Waals surface area contributed by atoms with Crippen LogP contribution in [0.5, 0.6) is 5.95 Å². The van der Waals surface area contributed by atoms with Crippen molar-refractivity contribution in [3.63, 3.8) is 0 Å². The van der Waals surface area contributed by atoms with Gasteiger partial charge in [0.05, 0.1) is 16.9 Å². The molecule has 1 aromatic heterocycles. The van der Waals surface area contributed by atoms with Crippen LogP contribution in [-0.2, 0) is 0 Å². The summed E-state index contributed by atoms with van der Waals surface area (Å²) in [5.74, 6) is -0.732. The first-order valence-electron chi connectivity index (χ1n) is 7.49. The zero-order valence-corrected chi connectivity index (χ0v) is 13.6. The summed E-state index contributed by atoms with van der Waals surface area (Å²) in [6.07, 6.45) is 0. The summed E-state index contributed by atoms with van der Waals surface area (Å²) >= 11 is 5.97. The minimum absolute atomic E-state index is 0.00915. The van der Waals surface area contributed by atoms with Gasteiger partial charge < -0.3 is 14.9 Å². The van der Waals surface area contributed by atoms with Crippen molar-refractivity contribution in [1.29, 1.82) is 5.26 Å². The van der Waals surface area contributed by atoms with Crippen molar-refractivity contribution < 1.29 is 9.15 Å². The standard InChI is InChI=1S/C19H11ClN2O3/c20-11-6-7-12-14(8-11)24-19-16(17(12)23)15(10-4-2-1-3-5-10)13(9-21)18(22)25-19/h1-8,15H,22H2. The van der Waals surface area contributed by atoms with Gasteiger partial charge in [-0.25, -0.2) is 0 Å². The van der Waals surface area contributed by atoms with E-state index < -0.39 is 5.92 Å². The zero-order chi connectivity index (χ0) is 17.6. The maximum absolute atomic E-state index is 13.1. The number of nitrogens with zero attached hydrogens (tertiary/aromatic N) is 1. The van der Waals surface area contributed by atoms with E-state index in [0.717, 1.165) is 5.56 Å². The zero-order valence-electron chi connectivity index (χ0n) is 12.8. The first kappa shape index (κ1) is 15.3. The van der Waals surface area contributed by atoms with Crippen LogP contribution in [0.15, 0.2) is 69.2 Å². The Morgan fingerprint density at radius 2 is 1.92 bits per heavy atom. The molecule has 0 saturated carbocycles. The lowest BCUT2D eigenvalue weighted by atomic mass is 9.84. The molecule has 6 heteroatoms. The fourth-order valence-electron chi connectivity index (χ4n) is 3.03. The summed E-state index contributed by atoms with van der Waals surface area (Å²) in [5.41, 5.74) is 7.12. The second-order valence-corrected chi connectivity index (χ2v) is 6.04. The molecule has 0 bridgehead atoms. The molecule has 0 fully saturated rings. The van der Waals surface area contributed by atoms with E-state index in [2.05, 4.69) is 6.07 Å². The molecule has 0 amide bonds. The van der Waals surface area contributed by atoms with Crippen LogP contribution in [0, 0.1) is 11.3 Å². The Morgan fingerprint density at radius 3 is 2.64 bits per heavy atom. The molecule has 1 atom stereocenters. The van der Waals surface area contributed by atoms with Gasteiger partial charge in [0.15, 0.2) is 0 Å². The van der Waals surface area contributed by atoms with Gasteiger partial charge in [0.2, 0.25) is 11.3 Å². The second-order valence-electron chi connectivity index (χ2n) is 5.61. The molecule has 0 aliphatic carbocycles. The van der Waals surface area contributed by atoms with Crippen molar-refractivity contribution in [2.45, 2.75) is 5.92 Å². The third-order valence-electron chi connectivity index (χ3n) is 4.15. The lowest BCUT2D eigenvalue weighted by Crippen LogP contribution is -2.26. The highest BCUT2D eigenvalue weighted by atomic mass is 35.5. The van der Waals surface area contributed by atoms with Crippen LogP contribution in [-0.4, -0.2) is 0 Å². The fourth-order valence-corrected chi connectivity index (χ4v) is 3.19. The number of ether oxygens (including phenoxy) is 1. The normalized spacial score (nSPS) is 16.2. The number of hydrogen-bond acceptors (Lipinski definition) is 5. The monoisotopic (exact) mass is 350 g/mol. The molecule has 122 valence electrons. The van der Waals surface area contributed by atoms with Crippen molar-refractivity contribution in [2.24, 2.45) is 5.73 Å². The smallest absolute Gasteiger partial charge is 0.300 e. The lowest BCUT2D eigenvalue weighted by molar-refractivity contribution is 0.296. The minimum Gasteiger partial charge on any atom is -0.425 e. The van der Waals surface area contributed by atoms with E-state index in [1.54, 1.807) is 18.2 Å². The maximum Gasteiger partial charge on any atom is 0.300 e. The van der Waals surface area contributed by atoms with Gasteiger partial charge >= 0.3 is 0 Å².